The number of benzene rings is 1. The van der Waals surface area contributed by atoms with Crippen molar-refractivity contribution in [3.8, 4) is 11.3 Å². The quantitative estimate of drug-likeness (QED) is 0.370. The van der Waals surface area contributed by atoms with Gasteiger partial charge in [0.1, 0.15) is 5.69 Å². The first kappa shape index (κ1) is 19.0. The summed E-state index contributed by atoms with van der Waals surface area (Å²) in [5, 5.41) is 17.5. The number of rotatable bonds is 6. The van der Waals surface area contributed by atoms with Gasteiger partial charge < -0.3 is 16.4 Å². The molecule has 0 unspecified atom stereocenters. The number of hydrogen-bond donors (Lipinski definition) is 4. The van der Waals surface area contributed by atoms with E-state index in [2.05, 4.69) is 66.5 Å². The highest BCUT2D eigenvalue weighted by atomic mass is 32.1. The third kappa shape index (κ3) is 4.15. The SMILES string of the molecule is N[C@H]1CC[C@H](Nc2ncc3c(-c4cccc(NCc5cccs5)c4)n[nH]c3n2)CC1. The number of anilines is 2. The summed E-state index contributed by atoms with van der Waals surface area (Å²) in [6.45, 7) is 0.812. The summed E-state index contributed by atoms with van der Waals surface area (Å²) < 4.78 is 0. The van der Waals surface area contributed by atoms with Crippen LogP contribution in [0, 0.1) is 0 Å². The van der Waals surface area contributed by atoms with Crippen LogP contribution < -0.4 is 16.4 Å². The molecule has 1 aliphatic rings. The van der Waals surface area contributed by atoms with E-state index < -0.39 is 0 Å². The topological polar surface area (TPSA) is 105 Å². The molecule has 0 aliphatic heterocycles. The van der Waals surface area contributed by atoms with Crippen LogP contribution in [-0.2, 0) is 6.54 Å². The first-order valence-corrected chi connectivity index (χ1v) is 11.2. The van der Waals surface area contributed by atoms with Gasteiger partial charge in [-0.05, 0) is 49.3 Å². The summed E-state index contributed by atoms with van der Waals surface area (Å²) in [6.07, 6.45) is 6.06. The summed E-state index contributed by atoms with van der Waals surface area (Å²) >= 11 is 1.75. The Morgan fingerprint density at radius 3 is 2.87 bits per heavy atom. The van der Waals surface area contributed by atoms with Crippen molar-refractivity contribution in [1.82, 2.24) is 20.2 Å². The molecule has 0 radical (unpaired) electrons. The van der Waals surface area contributed by atoms with Crippen molar-refractivity contribution < 1.29 is 0 Å². The smallest absolute Gasteiger partial charge is 0.224 e. The van der Waals surface area contributed by atoms with Gasteiger partial charge in [0, 0.05) is 41.0 Å². The zero-order valence-electron chi connectivity index (χ0n) is 16.6. The van der Waals surface area contributed by atoms with E-state index in [1.54, 1.807) is 11.3 Å². The van der Waals surface area contributed by atoms with Gasteiger partial charge in [-0.25, -0.2) is 4.98 Å². The Labute approximate surface area is 179 Å². The van der Waals surface area contributed by atoms with Crippen molar-refractivity contribution >= 4 is 34.0 Å². The minimum Gasteiger partial charge on any atom is -0.380 e. The molecule has 1 aliphatic carbocycles. The van der Waals surface area contributed by atoms with Crippen molar-refractivity contribution in [3.05, 3.63) is 52.9 Å². The summed E-state index contributed by atoms with van der Waals surface area (Å²) in [4.78, 5) is 10.5. The number of fused-ring (bicyclic) bond motifs is 1. The molecule has 5 rings (SSSR count). The molecule has 8 heteroatoms. The molecule has 154 valence electrons. The normalized spacial score (nSPS) is 19.1. The van der Waals surface area contributed by atoms with Gasteiger partial charge in [-0.15, -0.1) is 11.3 Å². The fourth-order valence-corrected chi connectivity index (χ4v) is 4.57. The van der Waals surface area contributed by atoms with Crippen LogP contribution in [0.5, 0.6) is 0 Å². The van der Waals surface area contributed by atoms with Crippen LogP contribution in [0.25, 0.3) is 22.3 Å². The van der Waals surface area contributed by atoms with Crippen molar-refractivity contribution in [2.24, 2.45) is 5.73 Å². The molecule has 1 saturated carbocycles. The number of nitrogens with zero attached hydrogens (tertiary/aromatic N) is 3. The van der Waals surface area contributed by atoms with Crippen LogP contribution in [0.15, 0.2) is 48.0 Å². The molecular formula is C22H25N7S. The summed E-state index contributed by atoms with van der Waals surface area (Å²) in [6, 6.07) is 13.2. The van der Waals surface area contributed by atoms with Crippen LogP contribution in [0.3, 0.4) is 0 Å². The van der Waals surface area contributed by atoms with Crippen LogP contribution in [0.4, 0.5) is 11.6 Å². The maximum atomic E-state index is 6.00. The lowest BCUT2D eigenvalue weighted by Gasteiger charge is -2.26. The van der Waals surface area contributed by atoms with Crippen molar-refractivity contribution in [2.75, 3.05) is 10.6 Å². The van der Waals surface area contributed by atoms with E-state index in [1.807, 2.05) is 12.3 Å². The number of nitrogens with one attached hydrogen (secondary N) is 3. The van der Waals surface area contributed by atoms with Gasteiger partial charge in [0.25, 0.3) is 0 Å². The first-order valence-electron chi connectivity index (χ1n) is 10.3. The van der Waals surface area contributed by atoms with Crippen molar-refractivity contribution in [2.45, 2.75) is 44.3 Å². The van der Waals surface area contributed by atoms with Crippen molar-refractivity contribution in [3.63, 3.8) is 0 Å². The standard InChI is InChI=1S/C22H25N7S/c23-15-6-8-16(9-7-15)26-22-25-13-19-20(28-29-21(19)27-22)14-3-1-4-17(11-14)24-12-18-5-2-10-30-18/h1-5,10-11,13,15-16,24H,6-9,12,23H2,(H2,25,26,27,28,29)/t15-,16-. The van der Waals surface area contributed by atoms with Crippen LogP contribution >= 0.6 is 11.3 Å². The monoisotopic (exact) mass is 419 g/mol. The number of hydrogen-bond acceptors (Lipinski definition) is 7. The highest BCUT2D eigenvalue weighted by Crippen LogP contribution is 2.28. The molecule has 1 fully saturated rings. The van der Waals surface area contributed by atoms with E-state index in [0.717, 1.165) is 60.2 Å². The summed E-state index contributed by atoms with van der Waals surface area (Å²) in [5.74, 6) is 0.643. The molecule has 0 atom stereocenters. The molecule has 0 saturated heterocycles. The van der Waals surface area contributed by atoms with Gasteiger partial charge in [0.2, 0.25) is 5.95 Å². The second kappa shape index (κ2) is 8.41. The minimum absolute atomic E-state index is 0.331. The van der Waals surface area contributed by atoms with E-state index in [1.165, 1.54) is 4.88 Å². The van der Waals surface area contributed by atoms with Gasteiger partial charge in [-0.3, -0.25) is 5.10 Å². The number of H-pyrrole nitrogens is 1. The average molecular weight is 420 g/mol. The highest BCUT2D eigenvalue weighted by Gasteiger charge is 2.19. The van der Waals surface area contributed by atoms with Gasteiger partial charge >= 0.3 is 0 Å². The molecule has 0 spiro atoms. The highest BCUT2D eigenvalue weighted by molar-refractivity contribution is 7.09. The zero-order chi connectivity index (χ0) is 20.3. The fourth-order valence-electron chi connectivity index (χ4n) is 3.92. The predicted molar refractivity (Wildman–Crippen MR) is 123 cm³/mol. The zero-order valence-corrected chi connectivity index (χ0v) is 17.5. The van der Waals surface area contributed by atoms with Gasteiger partial charge in [0.05, 0.1) is 5.39 Å². The van der Waals surface area contributed by atoms with E-state index in [-0.39, 0.29) is 0 Å². The lowest BCUT2D eigenvalue weighted by Crippen LogP contribution is -2.33. The van der Waals surface area contributed by atoms with Crippen LogP contribution in [0.2, 0.25) is 0 Å². The largest absolute Gasteiger partial charge is 0.380 e. The Hall–Kier alpha value is -2.97. The predicted octanol–water partition coefficient (Wildman–Crippen LogP) is 4.38. The van der Waals surface area contributed by atoms with Crippen LogP contribution in [-0.4, -0.2) is 32.2 Å². The molecule has 1 aromatic carbocycles. The molecule has 30 heavy (non-hydrogen) atoms. The second-order valence-corrected chi connectivity index (χ2v) is 8.83. The molecule has 3 aromatic heterocycles. The third-order valence-corrected chi connectivity index (χ3v) is 6.48. The lowest BCUT2D eigenvalue weighted by molar-refractivity contribution is 0.410. The number of nitrogens with two attached hydrogens (primary N) is 1. The van der Waals surface area contributed by atoms with E-state index in [4.69, 9.17) is 5.73 Å². The Kier molecular flexibility index (Phi) is 5.33. The van der Waals surface area contributed by atoms with Gasteiger partial charge in [-0.1, -0.05) is 18.2 Å². The van der Waals surface area contributed by atoms with Crippen molar-refractivity contribution in [1.29, 1.82) is 0 Å². The molecule has 0 amide bonds. The fraction of sp³-hybridized carbons (Fsp3) is 0.318. The number of aromatic nitrogens is 4. The average Bonchev–Trinajstić information content (AvgIpc) is 3.44. The Bertz CT molecular complexity index is 1110. The maximum absolute atomic E-state index is 6.00. The maximum Gasteiger partial charge on any atom is 0.224 e. The first-order chi connectivity index (χ1) is 14.7. The molecule has 5 N–H and O–H groups in total. The van der Waals surface area contributed by atoms with Crippen LogP contribution in [0.1, 0.15) is 30.6 Å². The second-order valence-electron chi connectivity index (χ2n) is 7.80. The molecular weight excluding hydrogens is 394 g/mol. The van der Waals surface area contributed by atoms with Gasteiger partial charge in [0.15, 0.2) is 5.65 Å². The molecule has 7 nitrogen and oxygen atoms in total. The Balaban J connectivity index is 1.33. The number of thiophene rings is 1. The Morgan fingerprint density at radius 2 is 2.03 bits per heavy atom. The molecule has 0 bridgehead atoms. The van der Waals surface area contributed by atoms with E-state index in [0.29, 0.717) is 18.0 Å². The molecule has 3 heterocycles. The number of aromatic amines is 1. The minimum atomic E-state index is 0.331. The Morgan fingerprint density at radius 1 is 1.13 bits per heavy atom. The van der Waals surface area contributed by atoms with E-state index >= 15 is 0 Å². The summed E-state index contributed by atoms with van der Waals surface area (Å²) in [5.41, 5.74) is 9.70. The van der Waals surface area contributed by atoms with Gasteiger partial charge in [-0.2, -0.15) is 10.1 Å². The van der Waals surface area contributed by atoms with E-state index in [9.17, 15) is 0 Å². The summed E-state index contributed by atoms with van der Waals surface area (Å²) in [7, 11) is 0. The molecule has 4 aromatic rings. The third-order valence-electron chi connectivity index (χ3n) is 5.61. The lowest BCUT2D eigenvalue weighted by atomic mass is 9.92.